The fourth-order valence-electron chi connectivity index (χ4n) is 4.09. The molecule has 0 bridgehead atoms. The van der Waals surface area contributed by atoms with Crippen molar-refractivity contribution in [2.24, 2.45) is 0 Å². The van der Waals surface area contributed by atoms with Crippen LogP contribution in [0.5, 0.6) is 0 Å². The summed E-state index contributed by atoms with van der Waals surface area (Å²) in [6.45, 7) is 4.75. The van der Waals surface area contributed by atoms with Crippen molar-refractivity contribution in [1.82, 2.24) is 9.55 Å². The van der Waals surface area contributed by atoms with Gasteiger partial charge in [-0.1, -0.05) is 37.3 Å². The summed E-state index contributed by atoms with van der Waals surface area (Å²) in [7, 11) is 0. The summed E-state index contributed by atoms with van der Waals surface area (Å²) in [4.78, 5) is 20.4. The molecule has 9 heteroatoms. The van der Waals surface area contributed by atoms with Crippen LogP contribution in [0.1, 0.15) is 25.3 Å². The first kappa shape index (κ1) is 20.7. The van der Waals surface area contributed by atoms with E-state index in [-0.39, 0.29) is 18.4 Å². The minimum absolute atomic E-state index is 0.0756. The molecule has 2 atom stereocenters. The van der Waals surface area contributed by atoms with Gasteiger partial charge in [0.05, 0.1) is 19.8 Å². The molecule has 4 rings (SSSR count). The molecule has 2 aliphatic heterocycles. The number of fused-ring (bicyclic) bond motifs is 1. The third-order valence-corrected chi connectivity index (χ3v) is 6.05. The van der Waals surface area contributed by atoms with E-state index in [4.69, 9.17) is 4.74 Å². The van der Waals surface area contributed by atoms with Gasteiger partial charge < -0.3 is 14.5 Å². The number of halogens is 3. The van der Waals surface area contributed by atoms with Crippen molar-refractivity contribution in [3.8, 4) is 0 Å². The molecule has 1 saturated heterocycles. The van der Waals surface area contributed by atoms with Gasteiger partial charge in [0.25, 0.3) is 5.56 Å². The molecule has 6 nitrogen and oxygen atoms in total. The SMILES string of the molecule is CC(CN1c2nc(N3CCOCC3)cc(=O)n2C[C@@]1(C)C(F)(F)F)c1ccccc1. The molecule has 2 aromatic rings. The third kappa shape index (κ3) is 3.55. The minimum Gasteiger partial charge on any atom is -0.378 e. The molecular formula is C21H25F3N4O2. The molecule has 1 fully saturated rings. The van der Waals surface area contributed by atoms with E-state index in [2.05, 4.69) is 4.98 Å². The average molecular weight is 422 g/mol. The molecule has 1 aromatic carbocycles. The van der Waals surface area contributed by atoms with Crippen LogP contribution in [0.2, 0.25) is 0 Å². The van der Waals surface area contributed by atoms with Crippen LogP contribution in [-0.4, -0.2) is 54.1 Å². The minimum atomic E-state index is -4.53. The van der Waals surface area contributed by atoms with Crippen LogP contribution >= 0.6 is 0 Å². The van der Waals surface area contributed by atoms with Gasteiger partial charge in [-0.05, 0) is 18.4 Å². The Morgan fingerprint density at radius 2 is 1.87 bits per heavy atom. The van der Waals surface area contributed by atoms with Gasteiger partial charge in [-0.3, -0.25) is 9.36 Å². The van der Waals surface area contributed by atoms with Crippen LogP contribution in [0, 0.1) is 0 Å². The second-order valence-corrected chi connectivity index (χ2v) is 8.13. The number of morpholine rings is 1. The lowest BCUT2D eigenvalue weighted by atomic mass is 9.96. The van der Waals surface area contributed by atoms with E-state index in [0.29, 0.717) is 32.1 Å². The largest absolute Gasteiger partial charge is 0.413 e. The zero-order valence-corrected chi connectivity index (χ0v) is 17.0. The normalized spacial score (nSPS) is 22.8. The van der Waals surface area contributed by atoms with E-state index in [1.807, 2.05) is 42.2 Å². The predicted octanol–water partition coefficient (Wildman–Crippen LogP) is 3.02. The molecule has 0 radical (unpaired) electrons. The lowest BCUT2D eigenvalue weighted by Crippen LogP contribution is -2.56. The van der Waals surface area contributed by atoms with Crippen LogP contribution in [0.25, 0.3) is 0 Å². The van der Waals surface area contributed by atoms with Crippen LogP contribution in [0.4, 0.5) is 24.9 Å². The second kappa shape index (κ2) is 7.61. The topological polar surface area (TPSA) is 50.6 Å². The van der Waals surface area contributed by atoms with Gasteiger partial charge in [0.15, 0.2) is 5.54 Å². The monoisotopic (exact) mass is 422 g/mol. The molecule has 0 spiro atoms. The Kier molecular flexibility index (Phi) is 5.25. The first-order chi connectivity index (χ1) is 14.2. The number of anilines is 2. The van der Waals surface area contributed by atoms with Gasteiger partial charge in [-0.15, -0.1) is 0 Å². The Morgan fingerprint density at radius 3 is 2.50 bits per heavy atom. The molecular weight excluding hydrogens is 397 g/mol. The smallest absolute Gasteiger partial charge is 0.378 e. The Labute approximate surface area is 172 Å². The van der Waals surface area contributed by atoms with Crippen molar-refractivity contribution in [3.63, 3.8) is 0 Å². The Bertz CT molecular complexity index is 957. The van der Waals surface area contributed by atoms with Crippen LogP contribution in [0.3, 0.4) is 0 Å². The second-order valence-electron chi connectivity index (χ2n) is 8.13. The summed E-state index contributed by atoms with van der Waals surface area (Å²) < 4.78 is 49.0. The molecule has 1 aromatic heterocycles. The fourth-order valence-corrected chi connectivity index (χ4v) is 4.09. The molecule has 0 aliphatic carbocycles. The highest BCUT2D eigenvalue weighted by Crippen LogP contribution is 2.44. The highest BCUT2D eigenvalue weighted by molar-refractivity contribution is 5.50. The van der Waals surface area contributed by atoms with Crippen molar-refractivity contribution >= 4 is 11.8 Å². The fraction of sp³-hybridized carbons (Fsp3) is 0.524. The Morgan fingerprint density at radius 1 is 1.20 bits per heavy atom. The molecule has 30 heavy (non-hydrogen) atoms. The Hall–Kier alpha value is -2.55. The van der Waals surface area contributed by atoms with Crippen molar-refractivity contribution in [3.05, 3.63) is 52.3 Å². The van der Waals surface area contributed by atoms with E-state index in [0.717, 1.165) is 17.1 Å². The molecule has 3 heterocycles. The summed E-state index contributed by atoms with van der Waals surface area (Å²) in [5.41, 5.74) is -1.74. The molecule has 2 aliphatic rings. The number of benzene rings is 1. The standard InChI is InChI=1S/C21H25F3N4O2/c1-15(16-6-4-3-5-7-16)13-28-19-25-17(26-8-10-30-11-9-26)12-18(29)27(19)14-20(28,2)21(22,23)24/h3-7,12,15H,8-11,13-14H2,1-2H3/t15?,20-/m0/s1. The Balaban J connectivity index is 1.75. The van der Waals surface area contributed by atoms with Crippen molar-refractivity contribution in [2.75, 3.05) is 42.6 Å². The molecule has 162 valence electrons. The maximum atomic E-state index is 14.2. The highest BCUT2D eigenvalue weighted by atomic mass is 19.4. The summed E-state index contributed by atoms with van der Waals surface area (Å²) in [5, 5.41) is 0. The molecule has 0 amide bonds. The van der Waals surface area contributed by atoms with Crippen molar-refractivity contribution < 1.29 is 17.9 Å². The van der Waals surface area contributed by atoms with E-state index >= 15 is 0 Å². The number of aromatic nitrogens is 2. The maximum absolute atomic E-state index is 14.2. The van der Waals surface area contributed by atoms with Crippen LogP contribution < -0.4 is 15.4 Å². The molecule has 1 unspecified atom stereocenters. The number of hydrogen-bond donors (Lipinski definition) is 0. The molecule has 0 saturated carbocycles. The number of nitrogens with zero attached hydrogens (tertiary/aromatic N) is 4. The van der Waals surface area contributed by atoms with Crippen LogP contribution in [0.15, 0.2) is 41.2 Å². The first-order valence-electron chi connectivity index (χ1n) is 10.0. The maximum Gasteiger partial charge on any atom is 0.413 e. The van der Waals surface area contributed by atoms with Crippen molar-refractivity contribution in [2.45, 2.75) is 38.0 Å². The number of ether oxygens (including phenoxy) is 1. The summed E-state index contributed by atoms with van der Waals surface area (Å²) >= 11 is 0. The van der Waals surface area contributed by atoms with Crippen LogP contribution in [-0.2, 0) is 11.3 Å². The summed E-state index contributed by atoms with van der Waals surface area (Å²) in [6, 6.07) is 10.7. The molecule has 0 N–H and O–H groups in total. The predicted molar refractivity (Wildman–Crippen MR) is 108 cm³/mol. The summed E-state index contributed by atoms with van der Waals surface area (Å²) in [5.74, 6) is 0.299. The third-order valence-electron chi connectivity index (χ3n) is 6.05. The van der Waals surface area contributed by atoms with Gasteiger partial charge in [-0.25, -0.2) is 0 Å². The lowest BCUT2D eigenvalue weighted by molar-refractivity contribution is -0.182. The van der Waals surface area contributed by atoms with E-state index in [1.165, 1.54) is 11.0 Å². The summed E-state index contributed by atoms with van der Waals surface area (Å²) in [6.07, 6.45) is -4.53. The zero-order valence-electron chi connectivity index (χ0n) is 17.0. The number of alkyl halides is 3. The van der Waals surface area contributed by atoms with E-state index < -0.39 is 23.8 Å². The zero-order chi connectivity index (χ0) is 21.5. The van der Waals surface area contributed by atoms with E-state index in [1.54, 1.807) is 0 Å². The average Bonchev–Trinajstić information content (AvgIpc) is 3.03. The highest BCUT2D eigenvalue weighted by Gasteiger charge is 2.60. The van der Waals surface area contributed by atoms with Gasteiger partial charge in [0, 0.05) is 25.7 Å². The van der Waals surface area contributed by atoms with Gasteiger partial charge in [0.2, 0.25) is 5.95 Å². The number of rotatable bonds is 4. The number of hydrogen-bond acceptors (Lipinski definition) is 5. The van der Waals surface area contributed by atoms with E-state index in [9.17, 15) is 18.0 Å². The van der Waals surface area contributed by atoms with Gasteiger partial charge in [0.1, 0.15) is 5.82 Å². The quantitative estimate of drug-likeness (QED) is 0.758. The van der Waals surface area contributed by atoms with Crippen molar-refractivity contribution in [1.29, 1.82) is 0 Å². The van der Waals surface area contributed by atoms with Gasteiger partial charge >= 0.3 is 6.18 Å². The first-order valence-corrected chi connectivity index (χ1v) is 10.0. The lowest BCUT2D eigenvalue weighted by Gasteiger charge is -2.38. The van der Waals surface area contributed by atoms with Gasteiger partial charge in [-0.2, -0.15) is 18.2 Å².